The van der Waals surface area contributed by atoms with Crippen molar-refractivity contribution in [1.82, 2.24) is 4.90 Å². The molecule has 2 aromatic carbocycles. The van der Waals surface area contributed by atoms with Gasteiger partial charge in [0, 0.05) is 23.2 Å². The largest absolute Gasteiger partial charge is 0.493 e. The normalized spacial score (nSPS) is 17.7. The number of nitrogens with zero attached hydrogens (tertiary/aromatic N) is 1. The molecule has 0 radical (unpaired) electrons. The van der Waals surface area contributed by atoms with Crippen molar-refractivity contribution in [3.63, 3.8) is 0 Å². The fourth-order valence-electron chi connectivity index (χ4n) is 4.04. The van der Waals surface area contributed by atoms with Crippen molar-refractivity contribution >= 4 is 28.8 Å². The van der Waals surface area contributed by atoms with E-state index in [1.807, 2.05) is 17.5 Å². The van der Waals surface area contributed by atoms with Gasteiger partial charge in [-0.1, -0.05) is 12.1 Å². The highest BCUT2D eigenvalue weighted by molar-refractivity contribution is 7.10. The maximum absolute atomic E-state index is 14.1. The number of fused-ring (bicyclic) bond motifs is 1. The lowest BCUT2D eigenvalue weighted by molar-refractivity contribution is -0.119. The molecule has 0 saturated heterocycles. The lowest BCUT2D eigenvalue weighted by atomic mass is 9.81. The second-order valence-corrected chi connectivity index (χ2v) is 8.58. The zero-order chi connectivity index (χ0) is 23.0. The van der Waals surface area contributed by atoms with Gasteiger partial charge in [-0.3, -0.25) is 9.59 Å². The van der Waals surface area contributed by atoms with E-state index in [1.54, 1.807) is 43.1 Å². The third-order valence-corrected chi connectivity index (χ3v) is 6.67. The molecule has 1 aliphatic heterocycles. The standard InChI is InChI=1S/C24H23FN2O4S/c1-13-7-8-14(10-17(13)25)26-23(28)21-15-11-18(30-3)19(31-4)12-16(15)24(29)27(2)22(21)20-6-5-9-32-20/h5-12,21-22H,1-4H3,(H,26,28)/t21-,22+/m0/s1. The number of hydrogen-bond acceptors (Lipinski definition) is 5. The number of aryl methyl sites for hydroxylation is 1. The Labute approximate surface area is 189 Å². The quantitative estimate of drug-likeness (QED) is 0.604. The van der Waals surface area contributed by atoms with Crippen molar-refractivity contribution in [2.24, 2.45) is 0 Å². The molecule has 1 N–H and O–H groups in total. The molecule has 166 valence electrons. The molecule has 0 saturated carbocycles. The SMILES string of the molecule is COc1cc2c(cc1OC)[C@H](C(=O)Nc1ccc(C)c(F)c1)[C@@H](c1cccs1)N(C)C2=O. The third kappa shape index (κ3) is 3.71. The topological polar surface area (TPSA) is 67.9 Å². The summed E-state index contributed by atoms with van der Waals surface area (Å²) in [7, 11) is 4.67. The number of rotatable bonds is 5. The van der Waals surface area contributed by atoms with E-state index < -0.39 is 17.8 Å². The highest BCUT2D eigenvalue weighted by atomic mass is 32.1. The van der Waals surface area contributed by atoms with Crippen molar-refractivity contribution < 1.29 is 23.5 Å². The number of hydrogen-bond donors (Lipinski definition) is 1. The van der Waals surface area contributed by atoms with Crippen LogP contribution in [0.25, 0.3) is 0 Å². The van der Waals surface area contributed by atoms with Crippen LogP contribution >= 0.6 is 11.3 Å². The number of nitrogens with one attached hydrogen (secondary N) is 1. The zero-order valence-electron chi connectivity index (χ0n) is 18.1. The summed E-state index contributed by atoms with van der Waals surface area (Å²) in [6, 6.07) is 11.1. The molecular formula is C24H23FN2O4S. The molecule has 1 aromatic heterocycles. The average Bonchev–Trinajstić information content (AvgIpc) is 3.32. The molecule has 0 spiro atoms. The maximum Gasteiger partial charge on any atom is 0.254 e. The Morgan fingerprint density at radius 2 is 1.84 bits per heavy atom. The zero-order valence-corrected chi connectivity index (χ0v) is 19.0. The van der Waals surface area contributed by atoms with Gasteiger partial charge in [-0.05, 0) is 53.8 Å². The fourth-order valence-corrected chi connectivity index (χ4v) is 4.94. The second-order valence-electron chi connectivity index (χ2n) is 7.60. The highest BCUT2D eigenvalue weighted by Crippen LogP contribution is 2.46. The molecule has 0 unspecified atom stereocenters. The number of ether oxygens (including phenoxy) is 2. The molecule has 2 heterocycles. The Kier molecular flexibility index (Phi) is 5.88. The smallest absolute Gasteiger partial charge is 0.254 e. The summed E-state index contributed by atoms with van der Waals surface area (Å²) in [6.45, 7) is 1.66. The molecule has 0 aliphatic carbocycles. The van der Waals surface area contributed by atoms with Crippen LogP contribution in [0, 0.1) is 12.7 Å². The van der Waals surface area contributed by atoms with Crippen molar-refractivity contribution in [2.75, 3.05) is 26.6 Å². The molecule has 3 aromatic rings. The predicted octanol–water partition coefficient (Wildman–Crippen LogP) is 4.76. The minimum Gasteiger partial charge on any atom is -0.493 e. The minimum absolute atomic E-state index is 0.218. The van der Waals surface area contributed by atoms with Crippen molar-refractivity contribution in [1.29, 1.82) is 0 Å². The summed E-state index contributed by atoms with van der Waals surface area (Å²) in [5.74, 6) is -0.879. The van der Waals surface area contributed by atoms with Gasteiger partial charge in [0.2, 0.25) is 5.91 Å². The van der Waals surface area contributed by atoms with Crippen LogP contribution in [0.3, 0.4) is 0 Å². The van der Waals surface area contributed by atoms with Gasteiger partial charge in [-0.15, -0.1) is 11.3 Å². The van der Waals surface area contributed by atoms with Crippen LogP contribution in [0.15, 0.2) is 47.8 Å². The summed E-state index contributed by atoms with van der Waals surface area (Å²) in [5, 5.41) is 4.73. The lowest BCUT2D eigenvalue weighted by Crippen LogP contribution is -2.43. The molecular weight excluding hydrogens is 431 g/mol. The Hall–Kier alpha value is -3.39. The van der Waals surface area contributed by atoms with E-state index in [0.717, 1.165) is 4.88 Å². The number of carbonyl (C=O) groups is 2. The maximum atomic E-state index is 14.1. The fraction of sp³-hybridized carbons (Fsp3) is 0.250. The molecule has 2 atom stereocenters. The van der Waals surface area contributed by atoms with Gasteiger partial charge in [0.25, 0.3) is 5.91 Å². The van der Waals surface area contributed by atoms with Gasteiger partial charge in [0.1, 0.15) is 5.82 Å². The summed E-state index contributed by atoms with van der Waals surface area (Å²) >= 11 is 1.47. The molecule has 0 fully saturated rings. The highest BCUT2D eigenvalue weighted by Gasteiger charge is 2.44. The molecule has 2 amide bonds. The number of thiophene rings is 1. The van der Waals surface area contributed by atoms with E-state index in [9.17, 15) is 14.0 Å². The molecule has 0 bridgehead atoms. The van der Waals surface area contributed by atoms with Crippen LogP contribution in [0.2, 0.25) is 0 Å². The summed E-state index contributed by atoms with van der Waals surface area (Å²) in [6.07, 6.45) is 0. The molecule has 32 heavy (non-hydrogen) atoms. The first-order valence-corrected chi connectivity index (χ1v) is 10.9. The second kappa shape index (κ2) is 8.63. The first kappa shape index (κ1) is 21.8. The van der Waals surface area contributed by atoms with Crippen LogP contribution in [0.1, 0.15) is 38.3 Å². The van der Waals surface area contributed by atoms with Gasteiger partial charge >= 0.3 is 0 Å². The average molecular weight is 455 g/mol. The number of likely N-dealkylation sites (N-methyl/N-ethyl adjacent to an activating group) is 1. The van der Waals surface area contributed by atoms with E-state index in [-0.39, 0.29) is 11.8 Å². The van der Waals surface area contributed by atoms with Crippen molar-refractivity contribution in [3.8, 4) is 11.5 Å². The van der Waals surface area contributed by atoms with Gasteiger partial charge in [-0.2, -0.15) is 0 Å². The number of methoxy groups -OCH3 is 2. The van der Waals surface area contributed by atoms with Crippen molar-refractivity contribution in [3.05, 3.63) is 75.2 Å². The predicted molar refractivity (Wildman–Crippen MR) is 121 cm³/mol. The van der Waals surface area contributed by atoms with Gasteiger partial charge < -0.3 is 19.7 Å². The number of anilines is 1. The Bertz CT molecular complexity index is 1180. The lowest BCUT2D eigenvalue weighted by Gasteiger charge is -2.39. The van der Waals surface area contributed by atoms with Crippen LogP contribution in [-0.4, -0.2) is 38.0 Å². The minimum atomic E-state index is -0.740. The Balaban J connectivity index is 1.85. The summed E-state index contributed by atoms with van der Waals surface area (Å²) in [5.41, 5.74) is 1.75. The number of carbonyl (C=O) groups excluding carboxylic acids is 2. The summed E-state index contributed by atoms with van der Waals surface area (Å²) in [4.78, 5) is 29.3. The van der Waals surface area contributed by atoms with E-state index >= 15 is 0 Å². The first-order valence-electron chi connectivity index (χ1n) is 9.99. The summed E-state index contributed by atoms with van der Waals surface area (Å²) < 4.78 is 24.9. The van der Waals surface area contributed by atoms with Crippen LogP contribution in [-0.2, 0) is 4.79 Å². The molecule has 8 heteroatoms. The van der Waals surface area contributed by atoms with E-state index in [1.165, 1.54) is 31.6 Å². The number of benzene rings is 2. The Morgan fingerprint density at radius 1 is 1.12 bits per heavy atom. The Morgan fingerprint density at radius 3 is 2.47 bits per heavy atom. The van der Waals surface area contributed by atoms with Gasteiger partial charge in [0.05, 0.1) is 26.2 Å². The molecule has 6 nitrogen and oxygen atoms in total. The van der Waals surface area contributed by atoms with Gasteiger partial charge in [-0.25, -0.2) is 4.39 Å². The third-order valence-electron chi connectivity index (χ3n) is 5.73. The van der Waals surface area contributed by atoms with Crippen LogP contribution in [0.5, 0.6) is 11.5 Å². The number of halogens is 1. The van der Waals surface area contributed by atoms with E-state index in [2.05, 4.69) is 5.32 Å². The first-order chi connectivity index (χ1) is 15.3. The van der Waals surface area contributed by atoms with Crippen LogP contribution in [0.4, 0.5) is 10.1 Å². The van der Waals surface area contributed by atoms with E-state index in [4.69, 9.17) is 9.47 Å². The van der Waals surface area contributed by atoms with Gasteiger partial charge in [0.15, 0.2) is 11.5 Å². The van der Waals surface area contributed by atoms with Crippen LogP contribution < -0.4 is 14.8 Å². The monoisotopic (exact) mass is 454 g/mol. The van der Waals surface area contributed by atoms with E-state index in [0.29, 0.717) is 33.9 Å². The molecule has 1 aliphatic rings. The number of amides is 2. The van der Waals surface area contributed by atoms with Crippen molar-refractivity contribution in [2.45, 2.75) is 18.9 Å². The molecule has 4 rings (SSSR count).